The van der Waals surface area contributed by atoms with E-state index in [9.17, 15) is 9.18 Å². The van der Waals surface area contributed by atoms with Crippen molar-refractivity contribution in [3.63, 3.8) is 0 Å². The first kappa shape index (κ1) is 14.4. The molecule has 0 heterocycles. The van der Waals surface area contributed by atoms with Gasteiger partial charge in [0.25, 0.3) is 0 Å². The molecule has 0 bridgehead atoms. The van der Waals surface area contributed by atoms with Gasteiger partial charge in [0.1, 0.15) is 5.82 Å². The zero-order valence-electron chi connectivity index (χ0n) is 12.1. The maximum Gasteiger partial charge on any atom is 0.166 e. The average Bonchev–Trinajstić information content (AvgIpc) is 2.37. The summed E-state index contributed by atoms with van der Waals surface area (Å²) in [7, 11) is 0. The summed E-state index contributed by atoms with van der Waals surface area (Å²) in [5.74, 6) is -0.588. The molecule has 0 aliphatic carbocycles. The van der Waals surface area contributed by atoms with Crippen molar-refractivity contribution in [2.45, 2.75) is 27.2 Å². The summed E-state index contributed by atoms with van der Waals surface area (Å²) in [6, 6.07) is 14.4. The van der Waals surface area contributed by atoms with Crippen molar-refractivity contribution in [3.05, 3.63) is 59.9 Å². The predicted molar refractivity (Wildman–Crippen MR) is 80.2 cm³/mol. The zero-order chi connectivity index (χ0) is 14.8. The summed E-state index contributed by atoms with van der Waals surface area (Å²) in [6.07, 6.45) is 0.342. The maximum atomic E-state index is 14.1. The van der Waals surface area contributed by atoms with Gasteiger partial charge < -0.3 is 0 Å². The van der Waals surface area contributed by atoms with Gasteiger partial charge in [-0.2, -0.15) is 0 Å². The molecule has 0 radical (unpaired) electrons. The van der Waals surface area contributed by atoms with Gasteiger partial charge in [0, 0.05) is 6.42 Å². The van der Waals surface area contributed by atoms with E-state index in [0.29, 0.717) is 6.42 Å². The van der Waals surface area contributed by atoms with Gasteiger partial charge in [0.05, 0.1) is 5.56 Å². The van der Waals surface area contributed by atoms with E-state index in [-0.39, 0.29) is 16.8 Å². The first-order valence-electron chi connectivity index (χ1n) is 6.75. The van der Waals surface area contributed by atoms with Gasteiger partial charge in [-0.15, -0.1) is 0 Å². The van der Waals surface area contributed by atoms with Crippen LogP contribution in [-0.2, 0) is 0 Å². The van der Waals surface area contributed by atoms with Gasteiger partial charge in [-0.3, -0.25) is 4.79 Å². The van der Waals surface area contributed by atoms with Crippen molar-refractivity contribution in [3.8, 4) is 11.1 Å². The monoisotopic (exact) mass is 270 g/mol. The van der Waals surface area contributed by atoms with Crippen LogP contribution in [0.3, 0.4) is 0 Å². The number of ketones is 1. The minimum atomic E-state index is -0.444. The van der Waals surface area contributed by atoms with Gasteiger partial charge in [-0.05, 0) is 28.7 Å². The van der Waals surface area contributed by atoms with E-state index >= 15 is 0 Å². The third-order valence-corrected chi connectivity index (χ3v) is 3.07. The number of Topliss-reactive ketones (excluding diaryl/α,β-unsaturated/α-hetero) is 1. The fourth-order valence-electron chi connectivity index (χ4n) is 2.13. The highest BCUT2D eigenvalue weighted by molar-refractivity contribution is 5.97. The van der Waals surface area contributed by atoms with Crippen molar-refractivity contribution in [1.82, 2.24) is 0 Å². The van der Waals surface area contributed by atoms with Crippen LogP contribution in [0.1, 0.15) is 37.6 Å². The molecule has 20 heavy (non-hydrogen) atoms. The lowest BCUT2D eigenvalue weighted by atomic mass is 9.87. The quantitative estimate of drug-likeness (QED) is 0.708. The molecule has 2 aromatic rings. The molecule has 0 aliphatic rings. The molecule has 2 rings (SSSR count). The molecule has 104 valence electrons. The van der Waals surface area contributed by atoms with Crippen LogP contribution in [0.25, 0.3) is 11.1 Å². The Labute approximate surface area is 119 Å². The third kappa shape index (κ3) is 3.53. The number of carbonyl (C=O) groups is 1. The second-order valence-electron chi connectivity index (χ2n) is 6.22. The van der Waals surface area contributed by atoms with E-state index in [2.05, 4.69) is 0 Å². The Morgan fingerprint density at radius 3 is 2.20 bits per heavy atom. The van der Waals surface area contributed by atoms with Gasteiger partial charge in [0.15, 0.2) is 5.78 Å². The molecule has 0 atom stereocenters. The molecule has 0 aliphatic heterocycles. The molecule has 0 aromatic heterocycles. The Hall–Kier alpha value is -1.96. The van der Waals surface area contributed by atoms with Crippen LogP contribution in [-0.4, -0.2) is 5.78 Å². The molecule has 0 amide bonds. The number of hydrogen-bond acceptors (Lipinski definition) is 1. The van der Waals surface area contributed by atoms with Crippen molar-refractivity contribution in [1.29, 1.82) is 0 Å². The van der Waals surface area contributed by atoms with Gasteiger partial charge in [-0.1, -0.05) is 57.2 Å². The molecule has 2 heteroatoms. The Morgan fingerprint density at radius 2 is 1.65 bits per heavy atom. The van der Waals surface area contributed by atoms with Gasteiger partial charge >= 0.3 is 0 Å². The van der Waals surface area contributed by atoms with Crippen LogP contribution in [0.4, 0.5) is 4.39 Å². The molecular formula is C18H19FO. The first-order valence-corrected chi connectivity index (χ1v) is 6.75. The van der Waals surface area contributed by atoms with Crippen LogP contribution in [0.5, 0.6) is 0 Å². The SMILES string of the molecule is CC(C)(C)CC(=O)c1ccc(-c2ccccc2)cc1F. The molecule has 0 fully saturated rings. The minimum Gasteiger partial charge on any atom is -0.294 e. The van der Waals surface area contributed by atoms with E-state index in [1.807, 2.05) is 51.1 Å². The van der Waals surface area contributed by atoms with E-state index in [4.69, 9.17) is 0 Å². The second kappa shape index (κ2) is 5.58. The Balaban J connectivity index is 2.29. The lowest BCUT2D eigenvalue weighted by Gasteiger charge is -2.17. The van der Waals surface area contributed by atoms with Crippen LogP contribution in [0.2, 0.25) is 0 Å². The molecule has 1 nitrogen and oxygen atoms in total. The summed E-state index contributed by atoms with van der Waals surface area (Å²) in [4.78, 5) is 12.1. The van der Waals surface area contributed by atoms with Crippen LogP contribution < -0.4 is 0 Å². The van der Waals surface area contributed by atoms with Crippen molar-refractivity contribution in [2.75, 3.05) is 0 Å². The highest BCUT2D eigenvalue weighted by Crippen LogP contribution is 2.25. The fraction of sp³-hybridized carbons (Fsp3) is 0.278. The largest absolute Gasteiger partial charge is 0.294 e. The van der Waals surface area contributed by atoms with E-state index < -0.39 is 5.82 Å². The Kier molecular flexibility index (Phi) is 4.03. The van der Waals surface area contributed by atoms with Crippen molar-refractivity contribution >= 4 is 5.78 Å². The first-order chi connectivity index (χ1) is 9.37. The predicted octanol–water partition coefficient (Wildman–Crippen LogP) is 5.11. The van der Waals surface area contributed by atoms with Crippen molar-refractivity contribution < 1.29 is 9.18 Å². The molecule has 0 N–H and O–H groups in total. The van der Waals surface area contributed by atoms with Crippen LogP contribution in [0.15, 0.2) is 48.5 Å². The van der Waals surface area contributed by atoms with E-state index in [1.165, 1.54) is 6.07 Å². The summed E-state index contributed by atoms with van der Waals surface area (Å²) in [6.45, 7) is 5.92. The smallest absolute Gasteiger partial charge is 0.166 e. The molecule has 0 saturated heterocycles. The lowest BCUT2D eigenvalue weighted by Crippen LogP contribution is -2.14. The second-order valence-corrected chi connectivity index (χ2v) is 6.22. The summed E-state index contributed by atoms with van der Waals surface area (Å²) in [5, 5.41) is 0. The van der Waals surface area contributed by atoms with Crippen LogP contribution in [0, 0.1) is 11.2 Å². The summed E-state index contributed by atoms with van der Waals surface area (Å²) in [5.41, 5.74) is 1.78. The molecule has 0 saturated carbocycles. The molecule has 2 aromatic carbocycles. The Bertz CT molecular complexity index is 609. The van der Waals surface area contributed by atoms with E-state index in [0.717, 1.165) is 11.1 Å². The number of benzene rings is 2. The minimum absolute atomic E-state index is 0.137. The highest BCUT2D eigenvalue weighted by atomic mass is 19.1. The number of carbonyl (C=O) groups excluding carboxylic acids is 1. The average molecular weight is 270 g/mol. The molecule has 0 unspecified atom stereocenters. The summed E-state index contributed by atoms with van der Waals surface area (Å²) >= 11 is 0. The Morgan fingerprint density at radius 1 is 1.00 bits per heavy atom. The topological polar surface area (TPSA) is 17.1 Å². The molecular weight excluding hydrogens is 251 g/mol. The van der Waals surface area contributed by atoms with Gasteiger partial charge in [0.2, 0.25) is 0 Å². The lowest BCUT2D eigenvalue weighted by molar-refractivity contribution is 0.0936. The highest BCUT2D eigenvalue weighted by Gasteiger charge is 2.20. The summed E-state index contributed by atoms with van der Waals surface area (Å²) < 4.78 is 14.1. The third-order valence-electron chi connectivity index (χ3n) is 3.07. The normalized spacial score (nSPS) is 11.4. The van der Waals surface area contributed by atoms with Crippen LogP contribution >= 0.6 is 0 Å². The number of rotatable bonds is 3. The maximum absolute atomic E-state index is 14.1. The molecule has 0 spiro atoms. The standard InChI is InChI=1S/C18H19FO/c1-18(2,3)12-17(20)15-10-9-14(11-16(15)19)13-7-5-4-6-8-13/h4-11H,12H2,1-3H3. The van der Waals surface area contributed by atoms with Crippen molar-refractivity contribution in [2.24, 2.45) is 5.41 Å². The van der Waals surface area contributed by atoms with E-state index in [1.54, 1.807) is 12.1 Å². The van der Waals surface area contributed by atoms with Gasteiger partial charge in [-0.25, -0.2) is 4.39 Å². The zero-order valence-corrected chi connectivity index (χ0v) is 12.1. The number of hydrogen-bond donors (Lipinski definition) is 0. The number of halogens is 1. The fourth-order valence-corrected chi connectivity index (χ4v) is 2.13.